The summed E-state index contributed by atoms with van der Waals surface area (Å²) in [5, 5.41) is 8.34. The molecular weight excluding hydrogens is 154 g/mol. The Kier molecular flexibility index (Phi) is 2.03. The molecule has 1 rings (SSSR count). The molecule has 0 bridgehead atoms. The van der Waals surface area contributed by atoms with Crippen molar-refractivity contribution < 1.29 is 18.7 Å². The Morgan fingerprint density at radius 3 is 2.82 bits per heavy atom. The van der Waals surface area contributed by atoms with E-state index >= 15 is 0 Å². The van der Waals surface area contributed by atoms with E-state index in [2.05, 4.69) is 0 Å². The zero-order valence-corrected chi connectivity index (χ0v) is 5.55. The van der Waals surface area contributed by atoms with Gasteiger partial charge in [-0.3, -0.25) is 0 Å². The predicted octanol–water partition coefficient (Wildman–Crippen LogP) is 1.59. The molecule has 1 atom stereocenters. The lowest BCUT2D eigenvalue weighted by atomic mass is 10.0. The highest BCUT2D eigenvalue weighted by atomic mass is 19.1. The molecule has 0 saturated carbocycles. The summed E-state index contributed by atoms with van der Waals surface area (Å²) in [5.74, 6) is -2.09. The van der Waals surface area contributed by atoms with Crippen LogP contribution in [0.3, 0.4) is 0 Å². The summed E-state index contributed by atoms with van der Waals surface area (Å²) in [4.78, 5) is 10.2. The van der Waals surface area contributed by atoms with Crippen molar-refractivity contribution in [3.05, 3.63) is 23.6 Å². The van der Waals surface area contributed by atoms with Crippen LogP contribution in [0.15, 0.2) is 23.6 Å². The number of allylic oxidation sites excluding steroid dienone is 3. The van der Waals surface area contributed by atoms with Crippen molar-refractivity contribution >= 4 is 5.97 Å². The van der Waals surface area contributed by atoms with Crippen molar-refractivity contribution in [2.45, 2.75) is 12.6 Å². The molecule has 1 aliphatic rings. The van der Waals surface area contributed by atoms with Gasteiger partial charge in [0.15, 0.2) is 0 Å². The largest absolute Gasteiger partial charge is 0.478 e. The lowest BCUT2D eigenvalue weighted by molar-refractivity contribution is -0.133. The van der Waals surface area contributed by atoms with Gasteiger partial charge in [-0.15, -0.1) is 0 Å². The molecule has 1 N–H and O–H groups in total. The third-order valence-corrected chi connectivity index (χ3v) is 1.34. The number of hydrogen-bond donors (Lipinski definition) is 1. The fourth-order valence-electron chi connectivity index (χ4n) is 0.864. The van der Waals surface area contributed by atoms with Gasteiger partial charge >= 0.3 is 5.97 Å². The van der Waals surface area contributed by atoms with Crippen LogP contribution < -0.4 is 0 Å². The van der Waals surface area contributed by atoms with Crippen LogP contribution in [0.2, 0.25) is 0 Å². The molecule has 0 saturated heterocycles. The molecule has 0 heterocycles. The lowest BCUT2D eigenvalue weighted by Gasteiger charge is -2.08. The van der Waals surface area contributed by atoms with E-state index in [-0.39, 0.29) is 12.0 Å². The number of carboxylic acids is 1. The maximum atomic E-state index is 12.4. The quantitative estimate of drug-likeness (QED) is 0.632. The third-order valence-electron chi connectivity index (χ3n) is 1.34. The Balaban J connectivity index is 2.84. The van der Waals surface area contributed by atoms with Gasteiger partial charge in [0, 0.05) is 12.0 Å². The molecule has 0 aromatic rings. The first-order valence-electron chi connectivity index (χ1n) is 3.05. The minimum absolute atomic E-state index is 0.225. The second kappa shape index (κ2) is 2.82. The summed E-state index contributed by atoms with van der Waals surface area (Å²) >= 11 is 0. The maximum absolute atomic E-state index is 12.4. The van der Waals surface area contributed by atoms with E-state index in [9.17, 15) is 13.6 Å². The highest BCUT2D eigenvalue weighted by molar-refractivity contribution is 5.87. The molecule has 0 fully saturated rings. The van der Waals surface area contributed by atoms with Crippen LogP contribution in [-0.2, 0) is 4.79 Å². The van der Waals surface area contributed by atoms with Gasteiger partial charge in [0.1, 0.15) is 12.0 Å². The molecule has 0 aromatic heterocycles. The molecule has 0 aromatic carbocycles. The van der Waals surface area contributed by atoms with Crippen LogP contribution in [0.25, 0.3) is 0 Å². The summed E-state index contributed by atoms with van der Waals surface area (Å²) in [5.41, 5.74) is -0.225. The number of halogens is 2. The second-order valence-corrected chi connectivity index (χ2v) is 2.25. The smallest absolute Gasteiger partial charge is 0.331 e. The van der Waals surface area contributed by atoms with Crippen molar-refractivity contribution in [3.63, 3.8) is 0 Å². The number of carboxylic acid groups (broad SMARTS) is 1. The monoisotopic (exact) mass is 160 g/mol. The van der Waals surface area contributed by atoms with Crippen LogP contribution in [0.5, 0.6) is 0 Å². The highest BCUT2D eigenvalue weighted by Crippen LogP contribution is 2.20. The normalized spacial score (nSPS) is 24.0. The van der Waals surface area contributed by atoms with Crippen LogP contribution >= 0.6 is 0 Å². The van der Waals surface area contributed by atoms with Gasteiger partial charge in [-0.25, -0.2) is 13.6 Å². The molecule has 4 heteroatoms. The number of rotatable bonds is 1. The molecule has 2 nitrogen and oxygen atoms in total. The number of carbonyl (C=O) groups is 1. The number of aliphatic carboxylic acids is 1. The minimum atomic E-state index is -1.51. The fraction of sp³-hybridized carbons (Fsp3) is 0.286. The first-order chi connectivity index (χ1) is 5.09. The summed E-state index contributed by atoms with van der Waals surface area (Å²) < 4.78 is 24.7. The van der Waals surface area contributed by atoms with Crippen LogP contribution in [0.1, 0.15) is 6.42 Å². The van der Waals surface area contributed by atoms with Gasteiger partial charge in [-0.1, -0.05) is 0 Å². The average Bonchev–Trinajstić information content (AvgIpc) is 1.85. The van der Waals surface area contributed by atoms with Crippen molar-refractivity contribution in [1.29, 1.82) is 0 Å². The average molecular weight is 160 g/mol. The van der Waals surface area contributed by atoms with Crippen LogP contribution in [0.4, 0.5) is 8.78 Å². The third kappa shape index (κ3) is 1.86. The molecule has 60 valence electrons. The Morgan fingerprint density at radius 1 is 1.73 bits per heavy atom. The van der Waals surface area contributed by atoms with E-state index in [1.807, 2.05) is 0 Å². The SMILES string of the molecule is O=C(O)C1=CC(F)=CC(F)C1. The van der Waals surface area contributed by atoms with E-state index in [1.54, 1.807) is 0 Å². The predicted molar refractivity (Wildman–Crippen MR) is 34.4 cm³/mol. The van der Waals surface area contributed by atoms with Gasteiger partial charge in [-0.2, -0.15) is 0 Å². The molecule has 1 unspecified atom stereocenters. The summed E-state index contributed by atoms with van der Waals surface area (Å²) in [6, 6.07) is 0. The molecule has 0 aliphatic heterocycles. The van der Waals surface area contributed by atoms with Crippen molar-refractivity contribution in [1.82, 2.24) is 0 Å². The topological polar surface area (TPSA) is 37.3 Å². The van der Waals surface area contributed by atoms with Crippen molar-refractivity contribution in [2.24, 2.45) is 0 Å². The molecule has 0 amide bonds. The van der Waals surface area contributed by atoms with Gasteiger partial charge in [0.25, 0.3) is 0 Å². The van der Waals surface area contributed by atoms with E-state index in [1.165, 1.54) is 0 Å². The van der Waals surface area contributed by atoms with Crippen molar-refractivity contribution in [2.75, 3.05) is 0 Å². The summed E-state index contributed by atoms with van der Waals surface area (Å²) in [6.45, 7) is 0. The van der Waals surface area contributed by atoms with Crippen LogP contribution in [-0.4, -0.2) is 17.2 Å². The molecule has 1 aliphatic carbocycles. The van der Waals surface area contributed by atoms with E-state index in [4.69, 9.17) is 5.11 Å². The van der Waals surface area contributed by atoms with E-state index in [0.29, 0.717) is 0 Å². The molecular formula is C7H6F2O2. The zero-order chi connectivity index (χ0) is 8.43. The summed E-state index contributed by atoms with van der Waals surface area (Å²) in [7, 11) is 0. The zero-order valence-electron chi connectivity index (χ0n) is 5.55. The Labute approximate surface area is 61.8 Å². The van der Waals surface area contributed by atoms with Gasteiger partial charge in [-0.05, 0) is 12.2 Å². The highest BCUT2D eigenvalue weighted by Gasteiger charge is 2.18. The van der Waals surface area contributed by atoms with Crippen molar-refractivity contribution in [3.8, 4) is 0 Å². The Bertz CT molecular complexity index is 243. The van der Waals surface area contributed by atoms with Gasteiger partial charge in [0.2, 0.25) is 0 Å². The molecule has 0 radical (unpaired) electrons. The number of alkyl halides is 1. The Hall–Kier alpha value is -1.19. The Morgan fingerprint density at radius 2 is 2.36 bits per heavy atom. The summed E-state index contributed by atoms with van der Waals surface area (Å²) in [6.07, 6.45) is -0.167. The molecule has 0 spiro atoms. The lowest BCUT2D eigenvalue weighted by Crippen LogP contribution is -2.10. The standard InChI is InChI=1S/C7H6F2O2/c8-5-1-4(7(10)11)2-6(9)3-5/h1,3,6H,2H2,(H,10,11). The first kappa shape index (κ1) is 7.91. The maximum Gasteiger partial charge on any atom is 0.331 e. The second-order valence-electron chi connectivity index (χ2n) is 2.25. The van der Waals surface area contributed by atoms with Gasteiger partial charge in [0.05, 0.1) is 0 Å². The van der Waals surface area contributed by atoms with E-state index < -0.39 is 18.0 Å². The molecule has 11 heavy (non-hydrogen) atoms. The van der Waals surface area contributed by atoms with Gasteiger partial charge < -0.3 is 5.11 Å². The van der Waals surface area contributed by atoms with E-state index in [0.717, 1.165) is 12.2 Å². The first-order valence-corrected chi connectivity index (χ1v) is 3.05. The van der Waals surface area contributed by atoms with Crippen LogP contribution in [0, 0.1) is 0 Å². The number of hydrogen-bond acceptors (Lipinski definition) is 1. The minimum Gasteiger partial charge on any atom is -0.478 e. The fourth-order valence-corrected chi connectivity index (χ4v) is 0.864.